The van der Waals surface area contributed by atoms with Crippen molar-refractivity contribution < 1.29 is 34.1 Å². The molecule has 0 bridgehead atoms. The molecule has 1 fully saturated rings. The number of carbonyl (C=O) groups is 3. The first-order chi connectivity index (χ1) is 12.8. The van der Waals surface area contributed by atoms with E-state index in [4.69, 9.17) is 9.47 Å². The number of ether oxygens (including phenoxy) is 2. The maximum absolute atomic E-state index is 12.3. The molecular weight excluding hydrogens is 352 g/mol. The maximum atomic E-state index is 12.3. The van der Waals surface area contributed by atoms with Crippen molar-refractivity contribution in [3.8, 4) is 0 Å². The van der Waals surface area contributed by atoms with Gasteiger partial charge in [-0.15, -0.1) is 0 Å². The zero-order valence-electron chi connectivity index (χ0n) is 15.4. The Morgan fingerprint density at radius 2 is 2.19 bits per heavy atom. The third-order valence-corrected chi connectivity index (χ3v) is 4.85. The van der Waals surface area contributed by atoms with Crippen molar-refractivity contribution in [1.82, 2.24) is 0 Å². The van der Waals surface area contributed by atoms with Crippen LogP contribution in [0.1, 0.15) is 26.7 Å². The smallest absolute Gasteiger partial charge is 0.334 e. The van der Waals surface area contributed by atoms with Crippen LogP contribution in [0.25, 0.3) is 0 Å². The standard InChI is InChI=1S/C20H24O7/c1-4-11(2)19(24)27-18-16-12(3)20(25)26-15(16)8-13(9-21)6-5-7-14(10-22)17(18)23/h4,7-8,10,15-18,21,23H,3,5-6,9H2,1-2H3/b11-4+,13-8+,14-7-/t15-,16+,17+,18+/m1/s1. The number of esters is 2. The summed E-state index contributed by atoms with van der Waals surface area (Å²) < 4.78 is 10.8. The summed E-state index contributed by atoms with van der Waals surface area (Å²) in [7, 11) is 0. The first-order valence-corrected chi connectivity index (χ1v) is 8.71. The predicted molar refractivity (Wildman–Crippen MR) is 96.4 cm³/mol. The Labute approximate surface area is 157 Å². The van der Waals surface area contributed by atoms with Crippen LogP contribution >= 0.6 is 0 Å². The molecule has 146 valence electrons. The minimum Gasteiger partial charge on any atom is -0.455 e. The fourth-order valence-electron chi connectivity index (χ4n) is 3.10. The highest BCUT2D eigenvalue weighted by Gasteiger charge is 2.48. The lowest BCUT2D eigenvalue weighted by Crippen LogP contribution is -2.43. The summed E-state index contributed by atoms with van der Waals surface area (Å²) >= 11 is 0. The van der Waals surface area contributed by atoms with Crippen molar-refractivity contribution in [1.29, 1.82) is 0 Å². The molecule has 0 aromatic heterocycles. The molecule has 1 heterocycles. The van der Waals surface area contributed by atoms with Crippen molar-refractivity contribution in [3.63, 3.8) is 0 Å². The van der Waals surface area contributed by atoms with E-state index in [9.17, 15) is 24.6 Å². The SMILES string of the molecule is C=C1C(=O)O[C@@H]2/C=C(/CO)CC/C=C(/C=O)[C@H](O)[C@@H](OC(=O)/C(C)=C/C)[C@@H]12. The monoisotopic (exact) mass is 376 g/mol. The van der Waals surface area contributed by atoms with Gasteiger partial charge in [0, 0.05) is 16.7 Å². The molecule has 1 aliphatic heterocycles. The van der Waals surface area contributed by atoms with Crippen molar-refractivity contribution in [2.45, 2.75) is 45.0 Å². The number of hydrogen-bond acceptors (Lipinski definition) is 7. The van der Waals surface area contributed by atoms with E-state index in [2.05, 4.69) is 6.58 Å². The number of aliphatic hydroxyl groups excluding tert-OH is 2. The summed E-state index contributed by atoms with van der Waals surface area (Å²) in [4.78, 5) is 35.9. The van der Waals surface area contributed by atoms with Crippen LogP contribution in [0, 0.1) is 5.92 Å². The van der Waals surface area contributed by atoms with Gasteiger partial charge in [-0.3, -0.25) is 4.79 Å². The number of aldehydes is 1. The highest BCUT2D eigenvalue weighted by atomic mass is 16.6. The molecule has 0 spiro atoms. The molecule has 0 aromatic rings. The number of aliphatic hydroxyl groups is 2. The average Bonchev–Trinajstić information content (AvgIpc) is 2.94. The van der Waals surface area contributed by atoms with Crippen LogP contribution in [0.3, 0.4) is 0 Å². The average molecular weight is 376 g/mol. The first-order valence-electron chi connectivity index (χ1n) is 8.71. The summed E-state index contributed by atoms with van der Waals surface area (Å²) in [6.45, 7) is 6.68. The highest BCUT2D eigenvalue weighted by Crippen LogP contribution is 2.36. The molecule has 7 nitrogen and oxygen atoms in total. The van der Waals surface area contributed by atoms with E-state index in [1.54, 1.807) is 26.0 Å². The van der Waals surface area contributed by atoms with Gasteiger partial charge in [0.25, 0.3) is 0 Å². The third-order valence-electron chi connectivity index (χ3n) is 4.85. The second-order valence-electron chi connectivity index (χ2n) is 6.55. The molecule has 2 aliphatic rings. The van der Waals surface area contributed by atoms with Crippen LogP contribution in [-0.2, 0) is 23.9 Å². The fourth-order valence-corrected chi connectivity index (χ4v) is 3.10. The van der Waals surface area contributed by atoms with E-state index in [0.29, 0.717) is 30.3 Å². The lowest BCUT2D eigenvalue weighted by Gasteiger charge is -2.30. The molecule has 0 saturated carbocycles. The number of fused-ring (bicyclic) bond motifs is 1. The van der Waals surface area contributed by atoms with Crippen molar-refractivity contribution in [2.24, 2.45) is 5.92 Å². The van der Waals surface area contributed by atoms with Crippen LogP contribution < -0.4 is 0 Å². The van der Waals surface area contributed by atoms with Crippen LogP contribution in [0.4, 0.5) is 0 Å². The normalized spacial score (nSPS) is 33.1. The van der Waals surface area contributed by atoms with Gasteiger partial charge >= 0.3 is 11.9 Å². The molecule has 0 amide bonds. The molecule has 0 radical (unpaired) electrons. The number of allylic oxidation sites excluding steroid dienone is 2. The van der Waals surface area contributed by atoms with Crippen LogP contribution in [0.2, 0.25) is 0 Å². The molecular formula is C20H24O7. The minimum atomic E-state index is -1.45. The molecule has 2 N–H and O–H groups in total. The highest BCUT2D eigenvalue weighted by molar-refractivity contribution is 5.92. The Kier molecular flexibility index (Phi) is 6.87. The van der Waals surface area contributed by atoms with E-state index in [1.165, 1.54) is 6.08 Å². The van der Waals surface area contributed by atoms with Gasteiger partial charge in [-0.05, 0) is 38.3 Å². The number of rotatable bonds is 4. The van der Waals surface area contributed by atoms with Gasteiger partial charge in [-0.25, -0.2) is 9.59 Å². The van der Waals surface area contributed by atoms with Gasteiger partial charge in [0.05, 0.1) is 12.5 Å². The second-order valence-corrected chi connectivity index (χ2v) is 6.55. The molecule has 7 heteroatoms. The van der Waals surface area contributed by atoms with Gasteiger partial charge in [0.2, 0.25) is 0 Å². The molecule has 0 unspecified atom stereocenters. The zero-order valence-corrected chi connectivity index (χ0v) is 15.4. The largest absolute Gasteiger partial charge is 0.455 e. The van der Waals surface area contributed by atoms with Gasteiger partial charge in [-0.1, -0.05) is 18.7 Å². The summed E-state index contributed by atoms with van der Waals surface area (Å²) in [5.41, 5.74) is 1.00. The summed E-state index contributed by atoms with van der Waals surface area (Å²) in [6, 6.07) is 0. The van der Waals surface area contributed by atoms with E-state index in [0.717, 1.165) is 0 Å². The van der Waals surface area contributed by atoms with Gasteiger partial charge in [0.15, 0.2) is 0 Å². The lowest BCUT2D eigenvalue weighted by atomic mass is 9.83. The van der Waals surface area contributed by atoms with Gasteiger partial charge in [0.1, 0.15) is 24.6 Å². The molecule has 1 saturated heterocycles. The molecule has 4 atom stereocenters. The topological polar surface area (TPSA) is 110 Å². The minimum absolute atomic E-state index is 0.0364. The Morgan fingerprint density at radius 3 is 2.78 bits per heavy atom. The predicted octanol–water partition coefficient (Wildman–Crippen LogP) is 1.16. The van der Waals surface area contributed by atoms with Crippen molar-refractivity contribution in [3.05, 3.63) is 47.1 Å². The third kappa shape index (κ3) is 4.43. The van der Waals surface area contributed by atoms with Crippen molar-refractivity contribution in [2.75, 3.05) is 6.61 Å². The molecule has 27 heavy (non-hydrogen) atoms. The van der Waals surface area contributed by atoms with E-state index in [1.807, 2.05) is 0 Å². The lowest BCUT2D eigenvalue weighted by molar-refractivity contribution is -0.153. The quantitative estimate of drug-likeness (QED) is 0.328. The van der Waals surface area contributed by atoms with Crippen molar-refractivity contribution >= 4 is 18.2 Å². The van der Waals surface area contributed by atoms with Crippen LogP contribution in [0.15, 0.2) is 47.1 Å². The summed E-state index contributed by atoms with van der Waals surface area (Å²) in [5, 5.41) is 20.3. The fraction of sp³-hybridized carbons (Fsp3) is 0.450. The Morgan fingerprint density at radius 1 is 1.48 bits per heavy atom. The van der Waals surface area contributed by atoms with E-state index >= 15 is 0 Å². The second kappa shape index (κ2) is 8.92. The molecule has 2 rings (SSSR count). The van der Waals surface area contributed by atoms with E-state index < -0.39 is 36.2 Å². The number of hydrogen-bond donors (Lipinski definition) is 2. The number of carbonyl (C=O) groups excluding carboxylic acids is 3. The summed E-state index contributed by atoms with van der Waals surface area (Å²) in [5.74, 6) is -2.24. The maximum Gasteiger partial charge on any atom is 0.334 e. The first kappa shape index (κ1) is 20.8. The van der Waals surface area contributed by atoms with Crippen LogP contribution in [0.5, 0.6) is 0 Å². The van der Waals surface area contributed by atoms with Gasteiger partial charge < -0.3 is 19.7 Å². The Bertz CT molecular complexity index is 729. The molecule has 0 aromatic carbocycles. The summed E-state index contributed by atoms with van der Waals surface area (Å²) in [6.07, 6.45) is 2.43. The Hall–Kier alpha value is -2.51. The molecule has 1 aliphatic carbocycles. The van der Waals surface area contributed by atoms with Gasteiger partial charge in [-0.2, -0.15) is 0 Å². The van der Waals surface area contributed by atoms with Crippen LogP contribution in [-0.4, -0.2) is 53.4 Å². The van der Waals surface area contributed by atoms with E-state index in [-0.39, 0.29) is 17.8 Å². The Balaban J connectivity index is 2.54. The zero-order chi connectivity index (χ0) is 20.1.